The van der Waals surface area contributed by atoms with Gasteiger partial charge in [0.15, 0.2) is 23.6 Å². The normalized spacial score (nSPS) is 11.9. The number of carbonyl (C=O) groups is 2. The standard InChI is InChI=1S/C36H37ClN2O5S/c1-2-3-4-5-6-11-22-44-25-18-16-24(17-19-25)23-30-33(26-12-7-10-15-29(26)45-30)35(42)34(39-31(40)20-21-32(39)41)36(43)38-28-14-9-8-13-27(28)37/h7-10,12-21,34,40-41H,2-6,11,22-23H2,1H3,(H,38,43). The van der Waals surface area contributed by atoms with Crippen molar-refractivity contribution in [2.24, 2.45) is 0 Å². The van der Waals surface area contributed by atoms with Gasteiger partial charge in [0, 0.05) is 39.1 Å². The molecule has 234 valence electrons. The summed E-state index contributed by atoms with van der Waals surface area (Å²) in [4.78, 5) is 29.0. The van der Waals surface area contributed by atoms with Crippen LogP contribution in [0.15, 0.2) is 84.9 Å². The molecule has 1 amide bonds. The van der Waals surface area contributed by atoms with E-state index in [1.54, 1.807) is 24.3 Å². The first-order valence-corrected chi connectivity index (χ1v) is 16.5. The van der Waals surface area contributed by atoms with Crippen molar-refractivity contribution in [1.82, 2.24) is 4.57 Å². The van der Waals surface area contributed by atoms with Crippen molar-refractivity contribution in [2.45, 2.75) is 57.9 Å². The van der Waals surface area contributed by atoms with Crippen molar-refractivity contribution in [3.8, 4) is 17.5 Å². The maximum absolute atomic E-state index is 14.5. The van der Waals surface area contributed by atoms with Gasteiger partial charge in [0.1, 0.15) is 5.75 Å². The Morgan fingerprint density at radius 1 is 0.867 bits per heavy atom. The second kappa shape index (κ2) is 15.1. The maximum Gasteiger partial charge on any atom is 0.255 e. The number of ether oxygens (including phenoxy) is 1. The topological polar surface area (TPSA) is 101 Å². The molecule has 3 aromatic carbocycles. The average Bonchev–Trinajstić information content (AvgIpc) is 3.57. The zero-order valence-electron chi connectivity index (χ0n) is 25.2. The lowest BCUT2D eigenvalue weighted by molar-refractivity contribution is -0.118. The van der Waals surface area contributed by atoms with Crippen LogP contribution in [0.1, 0.15) is 72.3 Å². The largest absolute Gasteiger partial charge is 0.494 e. The smallest absolute Gasteiger partial charge is 0.255 e. The maximum atomic E-state index is 14.5. The van der Waals surface area contributed by atoms with Gasteiger partial charge in [-0.15, -0.1) is 11.3 Å². The Bertz CT molecular complexity index is 1740. The van der Waals surface area contributed by atoms with Crippen molar-refractivity contribution in [1.29, 1.82) is 0 Å². The zero-order chi connectivity index (χ0) is 31.8. The van der Waals surface area contributed by atoms with Crippen molar-refractivity contribution in [3.05, 3.63) is 106 Å². The molecular weight excluding hydrogens is 608 g/mol. The Balaban J connectivity index is 1.41. The highest BCUT2D eigenvalue weighted by atomic mass is 35.5. The predicted octanol–water partition coefficient (Wildman–Crippen LogP) is 9.16. The third-order valence-electron chi connectivity index (χ3n) is 7.73. The number of ketones is 1. The van der Waals surface area contributed by atoms with Crippen LogP contribution in [0.25, 0.3) is 10.1 Å². The van der Waals surface area contributed by atoms with Crippen LogP contribution in [-0.2, 0) is 11.2 Å². The van der Waals surface area contributed by atoms with Crippen LogP contribution in [0.4, 0.5) is 5.69 Å². The van der Waals surface area contributed by atoms with E-state index in [-0.39, 0.29) is 0 Å². The number of rotatable bonds is 15. The van der Waals surface area contributed by atoms with E-state index in [9.17, 15) is 19.8 Å². The highest BCUT2D eigenvalue weighted by Gasteiger charge is 2.36. The molecule has 0 aliphatic heterocycles. The van der Waals surface area contributed by atoms with Gasteiger partial charge in [0.05, 0.1) is 17.3 Å². The number of hydrogen-bond donors (Lipinski definition) is 3. The van der Waals surface area contributed by atoms with Gasteiger partial charge in [0.25, 0.3) is 5.91 Å². The number of halogens is 1. The molecule has 0 spiro atoms. The minimum Gasteiger partial charge on any atom is -0.494 e. The van der Waals surface area contributed by atoms with E-state index in [0.717, 1.165) is 38.3 Å². The van der Waals surface area contributed by atoms with E-state index < -0.39 is 29.5 Å². The number of aromatic nitrogens is 1. The predicted molar refractivity (Wildman–Crippen MR) is 181 cm³/mol. The molecule has 3 N–H and O–H groups in total. The summed E-state index contributed by atoms with van der Waals surface area (Å²) in [5.41, 5.74) is 1.65. The van der Waals surface area contributed by atoms with Gasteiger partial charge >= 0.3 is 0 Å². The lowest BCUT2D eigenvalue weighted by atomic mass is 9.97. The van der Waals surface area contributed by atoms with Gasteiger partial charge in [-0.1, -0.05) is 93.1 Å². The Hall–Kier alpha value is -4.27. The first-order chi connectivity index (χ1) is 21.9. The number of carbonyl (C=O) groups excluding carboxylic acids is 2. The van der Waals surface area contributed by atoms with E-state index in [1.165, 1.54) is 49.2 Å². The van der Waals surface area contributed by atoms with Gasteiger partial charge < -0.3 is 20.3 Å². The molecule has 5 aromatic rings. The number of unbranched alkanes of at least 4 members (excludes halogenated alkanes) is 5. The van der Waals surface area contributed by atoms with Crippen molar-refractivity contribution in [2.75, 3.05) is 11.9 Å². The van der Waals surface area contributed by atoms with Gasteiger partial charge in [-0.2, -0.15) is 0 Å². The van der Waals surface area contributed by atoms with Gasteiger partial charge in [-0.25, -0.2) is 0 Å². The third-order valence-corrected chi connectivity index (χ3v) is 9.23. The molecule has 1 unspecified atom stereocenters. The fourth-order valence-electron chi connectivity index (χ4n) is 5.40. The first-order valence-electron chi connectivity index (χ1n) is 15.3. The molecule has 0 fully saturated rings. The van der Waals surface area contributed by atoms with Gasteiger partial charge in [-0.3, -0.25) is 14.2 Å². The highest BCUT2D eigenvalue weighted by Crippen LogP contribution is 2.38. The monoisotopic (exact) mass is 644 g/mol. The lowest BCUT2D eigenvalue weighted by Crippen LogP contribution is -2.32. The molecule has 0 saturated carbocycles. The third kappa shape index (κ3) is 7.70. The first kappa shape index (κ1) is 32.1. The second-order valence-electron chi connectivity index (χ2n) is 11.0. The van der Waals surface area contributed by atoms with Crippen LogP contribution < -0.4 is 10.1 Å². The van der Waals surface area contributed by atoms with Gasteiger partial charge in [0.2, 0.25) is 0 Å². The molecule has 1 atom stereocenters. The molecule has 7 nitrogen and oxygen atoms in total. The Morgan fingerprint density at radius 3 is 2.27 bits per heavy atom. The summed E-state index contributed by atoms with van der Waals surface area (Å²) in [6.07, 6.45) is 7.66. The number of nitrogens with one attached hydrogen (secondary N) is 1. The van der Waals surface area contributed by atoms with Crippen LogP contribution >= 0.6 is 22.9 Å². The van der Waals surface area contributed by atoms with Crippen LogP contribution in [0.2, 0.25) is 5.02 Å². The number of benzene rings is 3. The summed E-state index contributed by atoms with van der Waals surface area (Å²) in [6.45, 7) is 2.89. The Morgan fingerprint density at radius 2 is 1.53 bits per heavy atom. The second-order valence-corrected chi connectivity index (χ2v) is 12.5. The number of thiophene rings is 1. The summed E-state index contributed by atoms with van der Waals surface area (Å²) in [5, 5.41) is 24.9. The summed E-state index contributed by atoms with van der Waals surface area (Å²) < 4.78 is 7.77. The van der Waals surface area contributed by atoms with Crippen LogP contribution in [-0.4, -0.2) is 33.1 Å². The van der Waals surface area contributed by atoms with Gasteiger partial charge in [-0.05, 0) is 42.3 Å². The fourth-order valence-corrected chi connectivity index (χ4v) is 6.82. The minimum absolute atomic E-state index is 0.291. The molecule has 0 bridgehead atoms. The van der Waals surface area contributed by atoms with Crippen molar-refractivity contribution >= 4 is 50.4 Å². The van der Waals surface area contributed by atoms with E-state index in [1.807, 2.05) is 48.5 Å². The number of anilines is 1. The van der Waals surface area contributed by atoms with Crippen LogP contribution in [0.5, 0.6) is 17.5 Å². The summed E-state index contributed by atoms with van der Waals surface area (Å²) in [7, 11) is 0. The fraction of sp³-hybridized carbons (Fsp3) is 0.278. The highest BCUT2D eigenvalue weighted by molar-refractivity contribution is 7.19. The number of amides is 1. The Kier molecular flexibility index (Phi) is 10.8. The zero-order valence-corrected chi connectivity index (χ0v) is 26.7. The van der Waals surface area contributed by atoms with E-state index in [0.29, 0.717) is 34.7 Å². The molecule has 0 aliphatic rings. The molecule has 0 radical (unpaired) electrons. The summed E-state index contributed by atoms with van der Waals surface area (Å²) in [6, 6.07) is 22.9. The number of hydrogen-bond acceptors (Lipinski definition) is 6. The number of fused-ring (bicyclic) bond motifs is 1. The lowest BCUT2D eigenvalue weighted by Gasteiger charge is -2.20. The molecule has 0 saturated heterocycles. The molecule has 2 aromatic heterocycles. The summed E-state index contributed by atoms with van der Waals surface area (Å²) in [5.74, 6) is -1.35. The van der Waals surface area contributed by atoms with E-state index >= 15 is 0 Å². The molecule has 5 rings (SSSR count). The number of Topliss-reactive ketones (excluding diaryl/α,β-unsaturated/α-hetero) is 1. The summed E-state index contributed by atoms with van der Waals surface area (Å²) >= 11 is 7.77. The van der Waals surface area contributed by atoms with Crippen LogP contribution in [0, 0.1) is 0 Å². The SMILES string of the molecule is CCCCCCCCOc1ccc(Cc2sc3ccccc3c2C(=O)C(C(=O)Nc2ccccc2Cl)n2c(O)ccc2O)cc1. The molecule has 45 heavy (non-hydrogen) atoms. The Labute approximate surface area is 272 Å². The average molecular weight is 645 g/mol. The van der Waals surface area contributed by atoms with Crippen LogP contribution in [0.3, 0.4) is 0 Å². The quantitative estimate of drug-likeness (QED) is 0.0599. The van der Waals surface area contributed by atoms with Crippen molar-refractivity contribution in [3.63, 3.8) is 0 Å². The van der Waals surface area contributed by atoms with E-state index in [4.69, 9.17) is 16.3 Å². The number of para-hydroxylation sites is 1. The van der Waals surface area contributed by atoms with E-state index in [2.05, 4.69) is 12.2 Å². The molecule has 2 heterocycles. The molecule has 0 aliphatic carbocycles. The van der Waals surface area contributed by atoms with Crippen molar-refractivity contribution < 1.29 is 24.5 Å². The molecular formula is C36H37ClN2O5S. The number of aromatic hydroxyl groups is 2. The molecule has 9 heteroatoms. The number of nitrogens with zero attached hydrogens (tertiary/aromatic N) is 1. The minimum atomic E-state index is -1.61.